The van der Waals surface area contributed by atoms with E-state index in [9.17, 15) is 9.59 Å². The summed E-state index contributed by atoms with van der Waals surface area (Å²) in [6, 6.07) is 10.2. The molecule has 7 nitrogen and oxygen atoms in total. The number of hydrogen-bond acceptors (Lipinski definition) is 5. The van der Waals surface area contributed by atoms with Crippen LogP contribution in [-0.4, -0.2) is 31.7 Å². The standard InChI is InChI=1S/C20H22ClN3O4/c1-4-9-28-17-8-6-14(10-18(17)27-3)12-22-24-20(26)19(25)23-15-7-5-13(2)16(21)11-15/h5-8,10-12H,4,9H2,1-3H3,(H,23,25)(H,24,26)/b22-12-. The lowest BCUT2D eigenvalue weighted by molar-refractivity contribution is -0.136. The molecule has 148 valence electrons. The lowest BCUT2D eigenvalue weighted by atomic mass is 10.2. The van der Waals surface area contributed by atoms with Crippen molar-refractivity contribution in [2.45, 2.75) is 20.3 Å². The zero-order chi connectivity index (χ0) is 20.5. The molecule has 0 unspecified atom stereocenters. The molecule has 0 fully saturated rings. The third kappa shape index (κ3) is 5.99. The zero-order valence-electron chi connectivity index (χ0n) is 15.9. The van der Waals surface area contributed by atoms with Crippen molar-refractivity contribution in [3.8, 4) is 11.5 Å². The van der Waals surface area contributed by atoms with Gasteiger partial charge >= 0.3 is 11.8 Å². The van der Waals surface area contributed by atoms with Crippen molar-refractivity contribution in [1.29, 1.82) is 0 Å². The largest absolute Gasteiger partial charge is 0.493 e. The second kappa shape index (κ2) is 10.3. The van der Waals surface area contributed by atoms with E-state index >= 15 is 0 Å². The van der Waals surface area contributed by atoms with Gasteiger partial charge in [0.25, 0.3) is 0 Å². The number of amides is 2. The number of aryl methyl sites for hydroxylation is 1. The number of hydrogen-bond donors (Lipinski definition) is 2. The molecule has 2 rings (SSSR count). The van der Waals surface area contributed by atoms with Gasteiger partial charge in [-0.05, 0) is 54.8 Å². The lowest BCUT2D eigenvalue weighted by Crippen LogP contribution is -2.32. The Balaban J connectivity index is 1.94. The molecule has 0 spiro atoms. The Kier molecular flexibility index (Phi) is 7.83. The third-order valence-electron chi connectivity index (χ3n) is 3.67. The fraction of sp³-hybridized carbons (Fsp3) is 0.250. The van der Waals surface area contributed by atoms with Crippen molar-refractivity contribution < 1.29 is 19.1 Å². The van der Waals surface area contributed by atoms with Crippen LogP contribution in [0, 0.1) is 6.92 Å². The second-order valence-corrected chi connectivity index (χ2v) is 6.28. The Bertz CT molecular complexity index is 884. The molecule has 0 saturated carbocycles. The minimum atomic E-state index is -0.900. The van der Waals surface area contributed by atoms with Crippen molar-refractivity contribution in [1.82, 2.24) is 5.43 Å². The van der Waals surface area contributed by atoms with Crippen LogP contribution >= 0.6 is 11.6 Å². The Labute approximate surface area is 168 Å². The van der Waals surface area contributed by atoms with Crippen molar-refractivity contribution in [3.05, 3.63) is 52.5 Å². The van der Waals surface area contributed by atoms with Crippen molar-refractivity contribution in [3.63, 3.8) is 0 Å². The van der Waals surface area contributed by atoms with Gasteiger partial charge in [0, 0.05) is 10.7 Å². The number of nitrogens with one attached hydrogen (secondary N) is 2. The highest BCUT2D eigenvalue weighted by atomic mass is 35.5. The van der Waals surface area contributed by atoms with Gasteiger partial charge in [0.15, 0.2) is 11.5 Å². The second-order valence-electron chi connectivity index (χ2n) is 5.88. The normalized spacial score (nSPS) is 10.6. The van der Waals surface area contributed by atoms with Crippen LogP contribution in [0.3, 0.4) is 0 Å². The van der Waals surface area contributed by atoms with E-state index in [2.05, 4.69) is 15.8 Å². The number of halogens is 1. The molecule has 8 heteroatoms. The third-order valence-corrected chi connectivity index (χ3v) is 4.07. The first-order valence-corrected chi connectivity index (χ1v) is 9.03. The monoisotopic (exact) mass is 403 g/mol. The average molecular weight is 404 g/mol. The number of anilines is 1. The first-order chi connectivity index (χ1) is 13.4. The number of nitrogens with zero attached hydrogens (tertiary/aromatic N) is 1. The van der Waals surface area contributed by atoms with Crippen LogP contribution in [0.1, 0.15) is 24.5 Å². The number of carbonyl (C=O) groups is 2. The first kappa shape index (κ1) is 21.2. The fourth-order valence-corrected chi connectivity index (χ4v) is 2.35. The number of benzene rings is 2. The average Bonchev–Trinajstić information content (AvgIpc) is 2.69. The van der Waals surface area contributed by atoms with Crippen LogP contribution in [0.5, 0.6) is 11.5 Å². The van der Waals surface area contributed by atoms with Crippen LogP contribution in [-0.2, 0) is 9.59 Å². The Morgan fingerprint density at radius 1 is 1.14 bits per heavy atom. The summed E-state index contributed by atoms with van der Waals surface area (Å²) in [7, 11) is 1.54. The van der Waals surface area contributed by atoms with Crippen molar-refractivity contribution in [2.75, 3.05) is 19.0 Å². The Morgan fingerprint density at radius 3 is 2.61 bits per heavy atom. The molecular formula is C20H22ClN3O4. The maximum absolute atomic E-state index is 11.9. The van der Waals surface area contributed by atoms with Crippen LogP contribution in [0.15, 0.2) is 41.5 Å². The van der Waals surface area contributed by atoms with Gasteiger partial charge in [0.1, 0.15) is 0 Å². The molecule has 28 heavy (non-hydrogen) atoms. The van der Waals surface area contributed by atoms with Gasteiger partial charge in [-0.2, -0.15) is 5.10 Å². The molecule has 0 atom stereocenters. The van der Waals surface area contributed by atoms with Crippen LogP contribution in [0.2, 0.25) is 5.02 Å². The van der Waals surface area contributed by atoms with Crippen molar-refractivity contribution in [2.24, 2.45) is 5.10 Å². The van der Waals surface area contributed by atoms with E-state index in [1.807, 2.05) is 13.8 Å². The molecule has 0 radical (unpaired) electrons. The minimum absolute atomic E-state index is 0.423. The molecule has 2 N–H and O–H groups in total. The molecule has 0 aliphatic rings. The fourth-order valence-electron chi connectivity index (χ4n) is 2.17. The van der Waals surface area contributed by atoms with Gasteiger partial charge in [-0.15, -0.1) is 0 Å². The summed E-state index contributed by atoms with van der Waals surface area (Å²) in [6.45, 7) is 4.44. The molecule has 2 aromatic carbocycles. The molecule has 0 bridgehead atoms. The number of rotatable bonds is 7. The van der Waals surface area contributed by atoms with Gasteiger partial charge in [-0.25, -0.2) is 5.43 Å². The number of methoxy groups -OCH3 is 1. The Hall–Kier alpha value is -3.06. The van der Waals surface area contributed by atoms with Gasteiger partial charge in [-0.3, -0.25) is 9.59 Å². The first-order valence-electron chi connectivity index (χ1n) is 8.66. The molecule has 0 aliphatic heterocycles. The minimum Gasteiger partial charge on any atom is -0.493 e. The SMILES string of the molecule is CCCOc1ccc(/C=N\NC(=O)C(=O)Nc2ccc(C)c(Cl)c2)cc1OC. The lowest BCUT2D eigenvalue weighted by Gasteiger charge is -2.10. The molecule has 2 aromatic rings. The van der Waals surface area contributed by atoms with E-state index in [4.69, 9.17) is 21.1 Å². The molecule has 2 amide bonds. The van der Waals surface area contributed by atoms with Crippen LogP contribution in [0.25, 0.3) is 0 Å². The van der Waals surface area contributed by atoms with E-state index in [0.717, 1.165) is 12.0 Å². The summed E-state index contributed by atoms with van der Waals surface area (Å²) in [4.78, 5) is 23.8. The molecule has 0 heterocycles. The number of ether oxygens (including phenoxy) is 2. The van der Waals surface area contributed by atoms with E-state index in [0.29, 0.717) is 34.4 Å². The maximum atomic E-state index is 11.9. The predicted octanol–water partition coefficient (Wildman–Crippen LogP) is 3.53. The topological polar surface area (TPSA) is 89.0 Å². The number of carbonyl (C=O) groups excluding carboxylic acids is 2. The highest BCUT2D eigenvalue weighted by Gasteiger charge is 2.13. The highest BCUT2D eigenvalue weighted by Crippen LogP contribution is 2.27. The quantitative estimate of drug-likeness (QED) is 0.420. The van der Waals surface area contributed by atoms with E-state index in [1.165, 1.54) is 6.21 Å². The summed E-state index contributed by atoms with van der Waals surface area (Å²) >= 11 is 6.00. The zero-order valence-corrected chi connectivity index (χ0v) is 16.7. The summed E-state index contributed by atoms with van der Waals surface area (Å²) in [6.07, 6.45) is 2.29. The molecule has 0 aliphatic carbocycles. The summed E-state index contributed by atoms with van der Waals surface area (Å²) in [5, 5.41) is 6.75. The molecular weight excluding hydrogens is 382 g/mol. The highest BCUT2D eigenvalue weighted by molar-refractivity contribution is 6.39. The van der Waals surface area contributed by atoms with E-state index < -0.39 is 11.8 Å². The van der Waals surface area contributed by atoms with Crippen molar-refractivity contribution >= 4 is 35.3 Å². The van der Waals surface area contributed by atoms with Gasteiger partial charge in [0.2, 0.25) is 0 Å². The van der Waals surface area contributed by atoms with E-state index in [1.54, 1.807) is 43.5 Å². The summed E-state index contributed by atoms with van der Waals surface area (Å²) in [5.41, 5.74) is 4.14. The number of hydrazone groups is 1. The Morgan fingerprint density at radius 2 is 1.93 bits per heavy atom. The van der Waals surface area contributed by atoms with Gasteiger partial charge < -0.3 is 14.8 Å². The predicted molar refractivity (Wildman–Crippen MR) is 109 cm³/mol. The maximum Gasteiger partial charge on any atom is 0.329 e. The smallest absolute Gasteiger partial charge is 0.329 e. The van der Waals surface area contributed by atoms with Gasteiger partial charge in [0.05, 0.1) is 19.9 Å². The van der Waals surface area contributed by atoms with Crippen LogP contribution in [0.4, 0.5) is 5.69 Å². The summed E-state index contributed by atoms with van der Waals surface area (Å²) in [5.74, 6) is -0.569. The van der Waals surface area contributed by atoms with E-state index in [-0.39, 0.29) is 0 Å². The van der Waals surface area contributed by atoms with Crippen LogP contribution < -0.4 is 20.2 Å². The molecule has 0 aromatic heterocycles. The molecule has 0 saturated heterocycles. The summed E-state index contributed by atoms with van der Waals surface area (Å²) < 4.78 is 10.9. The van der Waals surface area contributed by atoms with Gasteiger partial charge in [-0.1, -0.05) is 24.6 Å².